The van der Waals surface area contributed by atoms with E-state index >= 15 is 0 Å². The molecule has 2 saturated carbocycles. The molecular formula is C15H25BO4. The average Bonchev–Trinajstić information content (AvgIpc) is 2.44. The Morgan fingerprint density at radius 2 is 1.70 bits per heavy atom. The van der Waals surface area contributed by atoms with Gasteiger partial charge in [0.05, 0.1) is 17.8 Å². The lowest BCUT2D eigenvalue weighted by molar-refractivity contribution is -0.160. The molecule has 112 valence electrons. The molecule has 0 aromatic carbocycles. The molecular weight excluding hydrogens is 255 g/mol. The molecule has 1 unspecified atom stereocenters. The smallest absolute Gasteiger partial charge is 0.403 e. The van der Waals surface area contributed by atoms with Crippen LogP contribution < -0.4 is 0 Å². The van der Waals surface area contributed by atoms with Crippen LogP contribution in [0.15, 0.2) is 0 Å². The number of methoxy groups -OCH3 is 1. The Morgan fingerprint density at radius 1 is 1.15 bits per heavy atom. The Hall–Kier alpha value is -0.385. The van der Waals surface area contributed by atoms with Crippen LogP contribution >= 0.6 is 0 Å². The predicted octanol–water partition coefficient (Wildman–Crippen LogP) is 2.61. The van der Waals surface area contributed by atoms with Crippen molar-refractivity contribution in [2.24, 2.45) is 5.41 Å². The lowest BCUT2D eigenvalue weighted by atomic mass is 9.30. The quantitative estimate of drug-likeness (QED) is 0.745. The summed E-state index contributed by atoms with van der Waals surface area (Å²) < 4.78 is 18.0. The van der Waals surface area contributed by atoms with E-state index in [0.717, 1.165) is 19.3 Å². The molecule has 0 N–H and O–H groups in total. The molecule has 4 nitrogen and oxygen atoms in total. The van der Waals surface area contributed by atoms with E-state index in [-0.39, 0.29) is 29.0 Å². The number of ketones is 1. The van der Waals surface area contributed by atoms with E-state index < -0.39 is 0 Å². The van der Waals surface area contributed by atoms with Crippen molar-refractivity contribution in [3.63, 3.8) is 0 Å². The number of hydrogen-bond donors (Lipinski definition) is 0. The highest BCUT2D eigenvalue weighted by Gasteiger charge is 2.76. The zero-order chi connectivity index (χ0) is 14.8. The standard InChI is InChI=1S/C15H25BO4/c1-12(2)13(3,4)20-16(19-12)15(10-18-5)9-11(17)14(15)7-6-8-14/h6-10H2,1-5H3. The van der Waals surface area contributed by atoms with Crippen molar-refractivity contribution in [1.82, 2.24) is 0 Å². The third-order valence-electron chi connectivity index (χ3n) is 6.28. The normalized spacial score (nSPS) is 36.9. The molecule has 3 rings (SSSR count). The van der Waals surface area contributed by atoms with Gasteiger partial charge < -0.3 is 14.0 Å². The topological polar surface area (TPSA) is 44.8 Å². The van der Waals surface area contributed by atoms with Crippen molar-refractivity contribution < 1.29 is 18.8 Å². The summed E-state index contributed by atoms with van der Waals surface area (Å²) in [5, 5.41) is -0.290. The lowest BCUT2D eigenvalue weighted by Gasteiger charge is -2.62. The third-order valence-corrected chi connectivity index (χ3v) is 6.28. The maximum absolute atomic E-state index is 12.2. The summed E-state index contributed by atoms with van der Waals surface area (Å²) in [6.07, 6.45) is 3.56. The Labute approximate surface area is 121 Å². The van der Waals surface area contributed by atoms with Gasteiger partial charge in [0.1, 0.15) is 5.78 Å². The van der Waals surface area contributed by atoms with Gasteiger partial charge in [-0.25, -0.2) is 0 Å². The van der Waals surface area contributed by atoms with E-state index in [4.69, 9.17) is 14.0 Å². The third kappa shape index (κ3) is 1.52. The van der Waals surface area contributed by atoms with Crippen LogP contribution in [0, 0.1) is 5.41 Å². The monoisotopic (exact) mass is 280 g/mol. The first-order valence-electron chi connectivity index (χ1n) is 7.59. The molecule has 0 aromatic heterocycles. The van der Waals surface area contributed by atoms with Crippen molar-refractivity contribution in [3.8, 4) is 0 Å². The second-order valence-electron chi connectivity index (χ2n) is 7.71. The summed E-state index contributed by atoms with van der Waals surface area (Å²) in [5.41, 5.74) is -0.964. The zero-order valence-corrected chi connectivity index (χ0v) is 13.2. The molecule has 0 amide bonds. The van der Waals surface area contributed by atoms with E-state index in [0.29, 0.717) is 18.8 Å². The largest absolute Gasteiger partial charge is 0.468 e. The van der Waals surface area contributed by atoms with Crippen LogP contribution in [-0.2, 0) is 18.8 Å². The van der Waals surface area contributed by atoms with E-state index in [1.54, 1.807) is 7.11 Å². The highest BCUT2D eigenvalue weighted by Crippen LogP contribution is 2.72. The molecule has 2 aliphatic carbocycles. The van der Waals surface area contributed by atoms with Crippen molar-refractivity contribution >= 4 is 12.9 Å². The Bertz CT molecular complexity index is 425. The Kier molecular flexibility index (Phi) is 2.97. The van der Waals surface area contributed by atoms with Crippen molar-refractivity contribution in [3.05, 3.63) is 0 Å². The van der Waals surface area contributed by atoms with E-state index in [2.05, 4.69) is 27.7 Å². The molecule has 3 fully saturated rings. The van der Waals surface area contributed by atoms with Crippen molar-refractivity contribution in [1.29, 1.82) is 0 Å². The minimum absolute atomic E-state index is 0.246. The number of Topliss-reactive ketones (excluding diaryl/α,β-unsaturated/α-hetero) is 1. The number of carbonyl (C=O) groups excluding carboxylic acids is 1. The number of carbonyl (C=O) groups is 1. The van der Waals surface area contributed by atoms with Crippen molar-refractivity contribution in [2.75, 3.05) is 13.7 Å². The molecule has 20 heavy (non-hydrogen) atoms. The van der Waals surface area contributed by atoms with Crippen LogP contribution in [0.2, 0.25) is 5.31 Å². The Morgan fingerprint density at radius 3 is 2.05 bits per heavy atom. The molecule has 1 spiro atoms. The molecule has 5 heteroatoms. The van der Waals surface area contributed by atoms with Gasteiger partial charge >= 0.3 is 7.12 Å². The molecule has 1 atom stereocenters. The number of rotatable bonds is 3. The van der Waals surface area contributed by atoms with Crippen molar-refractivity contribution in [2.45, 2.75) is 69.9 Å². The van der Waals surface area contributed by atoms with Gasteiger partial charge in [0.2, 0.25) is 0 Å². The van der Waals surface area contributed by atoms with Crippen LogP contribution in [-0.4, -0.2) is 37.8 Å². The maximum atomic E-state index is 12.2. The lowest BCUT2D eigenvalue weighted by Crippen LogP contribution is -2.66. The summed E-state index contributed by atoms with van der Waals surface area (Å²) in [6.45, 7) is 8.77. The van der Waals surface area contributed by atoms with Gasteiger partial charge in [-0.2, -0.15) is 0 Å². The fourth-order valence-electron chi connectivity index (χ4n) is 4.00. The van der Waals surface area contributed by atoms with Gasteiger partial charge in [0.15, 0.2) is 0 Å². The fourth-order valence-corrected chi connectivity index (χ4v) is 4.00. The highest BCUT2D eigenvalue weighted by atomic mass is 16.7. The molecule has 3 aliphatic rings. The number of hydrogen-bond acceptors (Lipinski definition) is 4. The van der Waals surface area contributed by atoms with E-state index in [9.17, 15) is 4.79 Å². The SMILES string of the molecule is COCC1(B2OC(C)(C)C(C)(C)O2)CC(=O)C12CCC2. The van der Waals surface area contributed by atoms with Gasteiger partial charge in [-0.3, -0.25) is 4.79 Å². The van der Waals surface area contributed by atoms with E-state index in [1.165, 1.54) is 0 Å². The molecule has 0 bridgehead atoms. The first-order valence-corrected chi connectivity index (χ1v) is 7.59. The molecule has 1 aliphatic heterocycles. The van der Waals surface area contributed by atoms with Gasteiger partial charge in [-0.1, -0.05) is 6.42 Å². The first-order chi connectivity index (χ1) is 9.21. The van der Waals surface area contributed by atoms with Crippen LogP contribution in [0.5, 0.6) is 0 Å². The van der Waals surface area contributed by atoms with Gasteiger partial charge in [0.25, 0.3) is 0 Å². The maximum Gasteiger partial charge on any atom is 0.468 e. The molecule has 0 radical (unpaired) electrons. The average molecular weight is 280 g/mol. The number of ether oxygens (including phenoxy) is 1. The minimum atomic E-state index is -0.359. The van der Waals surface area contributed by atoms with Gasteiger partial charge in [-0.05, 0) is 40.5 Å². The highest BCUT2D eigenvalue weighted by molar-refractivity contribution is 6.53. The first kappa shape index (κ1) is 14.5. The molecule has 1 heterocycles. The second-order valence-corrected chi connectivity index (χ2v) is 7.71. The summed E-state index contributed by atoms with van der Waals surface area (Å²) in [4.78, 5) is 12.2. The van der Waals surface area contributed by atoms with Crippen LogP contribution in [0.1, 0.15) is 53.4 Å². The minimum Gasteiger partial charge on any atom is -0.403 e. The van der Waals surface area contributed by atoms with Gasteiger partial charge in [-0.15, -0.1) is 0 Å². The van der Waals surface area contributed by atoms with Gasteiger partial charge in [0, 0.05) is 24.3 Å². The molecule has 0 aromatic rings. The predicted molar refractivity (Wildman–Crippen MR) is 76.6 cm³/mol. The van der Waals surface area contributed by atoms with Crippen LogP contribution in [0.3, 0.4) is 0 Å². The van der Waals surface area contributed by atoms with E-state index in [1.807, 2.05) is 0 Å². The summed E-state index contributed by atoms with van der Waals surface area (Å²) >= 11 is 0. The summed E-state index contributed by atoms with van der Waals surface area (Å²) in [6, 6.07) is 0. The summed E-state index contributed by atoms with van der Waals surface area (Å²) in [5.74, 6) is 0.371. The fraction of sp³-hybridized carbons (Fsp3) is 0.933. The molecule has 1 saturated heterocycles. The second kappa shape index (κ2) is 4.08. The van der Waals surface area contributed by atoms with Crippen LogP contribution in [0.25, 0.3) is 0 Å². The zero-order valence-electron chi connectivity index (χ0n) is 13.2. The Balaban J connectivity index is 1.92. The van der Waals surface area contributed by atoms with Crippen LogP contribution in [0.4, 0.5) is 0 Å². The summed E-state index contributed by atoms with van der Waals surface area (Å²) in [7, 11) is 1.35.